The maximum Gasteiger partial charge on any atom is 0.338 e. The van der Waals surface area contributed by atoms with Crippen LogP contribution in [0.1, 0.15) is 38.3 Å². The molecule has 1 N–H and O–H groups in total. The van der Waals surface area contributed by atoms with Crippen molar-refractivity contribution in [1.29, 1.82) is 0 Å². The molecule has 8 heteroatoms. The second kappa shape index (κ2) is 7.12. The van der Waals surface area contributed by atoms with E-state index in [9.17, 15) is 4.79 Å². The largest absolute Gasteiger partial charge is 0.462 e. The minimum Gasteiger partial charge on any atom is -0.462 e. The van der Waals surface area contributed by atoms with Gasteiger partial charge in [0.1, 0.15) is 6.04 Å². The van der Waals surface area contributed by atoms with Crippen molar-refractivity contribution in [1.82, 2.24) is 20.2 Å². The number of anilines is 1. The highest BCUT2D eigenvalue weighted by Gasteiger charge is 2.35. The van der Waals surface area contributed by atoms with Crippen LogP contribution in [0.4, 0.5) is 5.95 Å². The molecule has 0 saturated heterocycles. The van der Waals surface area contributed by atoms with E-state index < -0.39 is 6.04 Å². The van der Waals surface area contributed by atoms with Gasteiger partial charge in [-0.25, -0.2) is 4.79 Å². The lowest BCUT2D eigenvalue weighted by Gasteiger charge is -2.28. The lowest BCUT2D eigenvalue weighted by molar-refractivity contribution is -0.139. The van der Waals surface area contributed by atoms with Crippen LogP contribution in [-0.2, 0) is 9.53 Å². The molecule has 0 spiro atoms. The number of rotatable bonds is 5. The van der Waals surface area contributed by atoms with Crippen molar-refractivity contribution in [2.75, 3.05) is 11.9 Å². The minimum absolute atomic E-state index is 0.352. The first-order chi connectivity index (χ1) is 11.6. The molecule has 126 valence electrons. The summed E-state index contributed by atoms with van der Waals surface area (Å²) in [5.41, 5.74) is 2.10. The highest BCUT2D eigenvalue weighted by molar-refractivity contribution is 9.10. The molecule has 0 radical (unpaired) electrons. The predicted octanol–water partition coefficient (Wildman–Crippen LogP) is 3.07. The first kappa shape index (κ1) is 16.6. The van der Waals surface area contributed by atoms with Gasteiger partial charge in [-0.05, 0) is 35.4 Å². The number of allylic oxidation sites excluding steroid dienone is 1. The molecule has 24 heavy (non-hydrogen) atoms. The fraction of sp³-hybridized carbons (Fsp3) is 0.375. The second-order valence-electron chi connectivity index (χ2n) is 5.52. The molecular formula is C16H18BrN5O2. The number of esters is 1. The molecule has 7 nitrogen and oxygen atoms in total. The van der Waals surface area contributed by atoms with Crippen LogP contribution in [0.5, 0.6) is 0 Å². The zero-order chi connectivity index (χ0) is 17.1. The summed E-state index contributed by atoms with van der Waals surface area (Å²) in [6.45, 7) is 4.29. The van der Waals surface area contributed by atoms with E-state index in [1.165, 1.54) is 0 Å². The monoisotopic (exact) mass is 391 g/mol. The second-order valence-corrected chi connectivity index (χ2v) is 6.38. The van der Waals surface area contributed by atoms with Crippen molar-refractivity contribution >= 4 is 27.8 Å². The number of tetrazole rings is 1. The lowest BCUT2D eigenvalue weighted by atomic mass is 9.96. The predicted molar refractivity (Wildman–Crippen MR) is 92.3 cm³/mol. The summed E-state index contributed by atoms with van der Waals surface area (Å²) >= 11 is 3.56. The summed E-state index contributed by atoms with van der Waals surface area (Å²) in [5.74, 6) is 0.147. The molecule has 0 saturated carbocycles. The summed E-state index contributed by atoms with van der Waals surface area (Å²) < 4.78 is 7.92. The van der Waals surface area contributed by atoms with E-state index in [0.717, 1.165) is 22.9 Å². The van der Waals surface area contributed by atoms with Crippen molar-refractivity contribution in [3.05, 3.63) is 45.6 Å². The fourth-order valence-corrected chi connectivity index (χ4v) is 3.15. The minimum atomic E-state index is -0.444. The highest BCUT2D eigenvalue weighted by atomic mass is 79.9. The molecule has 0 amide bonds. The molecule has 1 aromatic carbocycles. The number of hydrogen-bond donors (Lipinski definition) is 1. The quantitative estimate of drug-likeness (QED) is 0.622. The van der Waals surface area contributed by atoms with Crippen LogP contribution in [0.2, 0.25) is 0 Å². The van der Waals surface area contributed by atoms with E-state index >= 15 is 0 Å². The van der Waals surface area contributed by atoms with Gasteiger partial charge in [0.15, 0.2) is 0 Å². The number of benzene rings is 1. The number of nitrogens with one attached hydrogen (secondary N) is 1. The fourth-order valence-electron chi connectivity index (χ4n) is 2.65. The maximum absolute atomic E-state index is 12.7. The average Bonchev–Trinajstić information content (AvgIpc) is 3.02. The summed E-state index contributed by atoms with van der Waals surface area (Å²) in [6, 6.07) is 7.27. The van der Waals surface area contributed by atoms with Crippen molar-refractivity contribution in [3.63, 3.8) is 0 Å². The third-order valence-electron chi connectivity index (χ3n) is 3.86. The summed E-state index contributed by atoms with van der Waals surface area (Å²) in [7, 11) is 0. The van der Waals surface area contributed by atoms with Gasteiger partial charge < -0.3 is 10.1 Å². The van der Waals surface area contributed by atoms with Gasteiger partial charge in [-0.15, -0.1) is 0 Å². The smallest absolute Gasteiger partial charge is 0.338 e. The summed E-state index contributed by atoms with van der Waals surface area (Å²) in [4.78, 5) is 12.7. The van der Waals surface area contributed by atoms with Gasteiger partial charge in [0, 0.05) is 10.2 Å². The molecule has 1 aliphatic rings. The van der Waals surface area contributed by atoms with Crippen molar-refractivity contribution in [3.8, 4) is 0 Å². The molecule has 0 bridgehead atoms. The number of aromatic nitrogens is 4. The van der Waals surface area contributed by atoms with Gasteiger partial charge in [-0.3, -0.25) is 0 Å². The first-order valence-corrected chi connectivity index (χ1v) is 8.60. The van der Waals surface area contributed by atoms with Crippen LogP contribution in [-0.4, -0.2) is 32.8 Å². The number of carbonyl (C=O) groups is 1. The van der Waals surface area contributed by atoms with E-state index in [1.807, 2.05) is 31.2 Å². The molecular weight excluding hydrogens is 374 g/mol. The molecule has 1 aliphatic heterocycles. The number of unbranched alkanes of at least 4 members (excludes halogenated alkanes) is 1. The molecule has 0 unspecified atom stereocenters. The zero-order valence-corrected chi connectivity index (χ0v) is 15.1. The Kier molecular flexibility index (Phi) is 4.94. The lowest BCUT2D eigenvalue weighted by Crippen LogP contribution is -2.30. The van der Waals surface area contributed by atoms with Gasteiger partial charge in [-0.2, -0.15) is 4.68 Å². The molecule has 1 aromatic heterocycles. The Morgan fingerprint density at radius 2 is 2.21 bits per heavy atom. The topological polar surface area (TPSA) is 81.9 Å². The third kappa shape index (κ3) is 3.06. The zero-order valence-electron chi connectivity index (χ0n) is 13.5. The van der Waals surface area contributed by atoms with Gasteiger partial charge in [0.05, 0.1) is 12.2 Å². The van der Waals surface area contributed by atoms with E-state index in [4.69, 9.17) is 4.74 Å². The van der Waals surface area contributed by atoms with Crippen molar-refractivity contribution in [2.45, 2.75) is 32.7 Å². The van der Waals surface area contributed by atoms with E-state index in [0.29, 0.717) is 23.8 Å². The SMILES string of the molecule is CCCCOC(=O)C1=C(C)Nc2nnnn2[C@@H]1c1ccccc1Br. The number of halogens is 1. The van der Waals surface area contributed by atoms with E-state index in [-0.39, 0.29) is 5.97 Å². The number of nitrogens with zero attached hydrogens (tertiary/aromatic N) is 4. The Hall–Kier alpha value is -2.22. The van der Waals surface area contributed by atoms with Crippen LogP contribution in [0.3, 0.4) is 0 Å². The highest BCUT2D eigenvalue weighted by Crippen LogP contribution is 2.37. The first-order valence-electron chi connectivity index (χ1n) is 7.80. The Morgan fingerprint density at radius 3 is 2.96 bits per heavy atom. The van der Waals surface area contributed by atoms with Crippen molar-refractivity contribution < 1.29 is 9.53 Å². The normalized spacial score (nSPS) is 16.5. The molecule has 3 rings (SSSR count). The Labute approximate surface area is 148 Å². The molecule has 1 atom stereocenters. The maximum atomic E-state index is 12.7. The van der Waals surface area contributed by atoms with Gasteiger partial charge in [0.25, 0.3) is 0 Å². The molecule has 0 aliphatic carbocycles. The van der Waals surface area contributed by atoms with Gasteiger partial charge in [-0.1, -0.05) is 52.6 Å². The standard InChI is InChI=1S/C16H18BrN5O2/c1-3-4-9-24-15(23)13-10(2)18-16-19-20-21-22(16)14(13)11-7-5-6-8-12(11)17/h5-8,14H,3-4,9H2,1-2H3,(H,18,19,21)/t14-/m1/s1. The number of hydrogen-bond acceptors (Lipinski definition) is 6. The molecule has 2 aromatic rings. The Balaban J connectivity index is 2.04. The third-order valence-corrected chi connectivity index (χ3v) is 4.59. The molecule has 0 fully saturated rings. The number of ether oxygens (including phenoxy) is 1. The average molecular weight is 392 g/mol. The summed E-state index contributed by atoms with van der Waals surface area (Å²) in [6.07, 6.45) is 1.80. The van der Waals surface area contributed by atoms with E-state index in [1.54, 1.807) is 4.68 Å². The van der Waals surface area contributed by atoms with Crippen LogP contribution in [0, 0.1) is 0 Å². The summed E-state index contributed by atoms with van der Waals surface area (Å²) in [5, 5.41) is 14.8. The van der Waals surface area contributed by atoms with Crippen molar-refractivity contribution in [2.24, 2.45) is 0 Å². The van der Waals surface area contributed by atoms with Crippen LogP contribution in [0.15, 0.2) is 40.0 Å². The number of fused-ring (bicyclic) bond motifs is 1. The van der Waals surface area contributed by atoms with Crippen LogP contribution in [0.25, 0.3) is 0 Å². The van der Waals surface area contributed by atoms with Crippen LogP contribution >= 0.6 is 15.9 Å². The number of carbonyl (C=O) groups excluding carboxylic acids is 1. The van der Waals surface area contributed by atoms with E-state index in [2.05, 4.69) is 43.7 Å². The van der Waals surface area contributed by atoms with Gasteiger partial charge >= 0.3 is 5.97 Å². The van der Waals surface area contributed by atoms with Gasteiger partial charge in [0.2, 0.25) is 5.95 Å². The Bertz CT molecular complexity index is 786. The Morgan fingerprint density at radius 1 is 1.42 bits per heavy atom. The molecule has 2 heterocycles. The van der Waals surface area contributed by atoms with Crippen LogP contribution < -0.4 is 5.32 Å².